The van der Waals surface area contributed by atoms with Gasteiger partial charge in [-0.05, 0) is 18.2 Å². The van der Waals surface area contributed by atoms with Crippen LogP contribution in [0.5, 0.6) is 0 Å². The van der Waals surface area contributed by atoms with Crippen LogP contribution in [-0.2, 0) is 19.1 Å². The summed E-state index contributed by atoms with van der Waals surface area (Å²) in [6.45, 7) is 2.31. The number of cyclic esters (lactones) is 1. The Hall–Kier alpha value is -2.68. The van der Waals surface area contributed by atoms with E-state index in [1.165, 1.54) is 28.9 Å². The third-order valence-corrected chi connectivity index (χ3v) is 3.97. The van der Waals surface area contributed by atoms with Gasteiger partial charge in [0.1, 0.15) is 18.5 Å². The van der Waals surface area contributed by atoms with Crippen LogP contribution in [0.2, 0.25) is 0 Å². The zero-order valence-corrected chi connectivity index (χ0v) is 13.7. The largest absolute Gasteiger partial charge is 0.442 e. The number of benzene rings is 1. The first-order valence-corrected chi connectivity index (χ1v) is 7.86. The van der Waals surface area contributed by atoms with Gasteiger partial charge in [-0.1, -0.05) is 0 Å². The second-order valence-electron chi connectivity index (χ2n) is 5.79. The molecule has 1 aromatic carbocycles. The molecule has 3 amide bonds. The van der Waals surface area contributed by atoms with Gasteiger partial charge in [0.2, 0.25) is 5.91 Å². The van der Waals surface area contributed by atoms with Gasteiger partial charge in [-0.3, -0.25) is 14.5 Å². The molecule has 0 saturated carbocycles. The zero-order chi connectivity index (χ0) is 18.0. The number of rotatable bonds is 4. The normalized spacial score (nSPS) is 20.6. The number of carbonyl (C=O) groups is 3. The Kier molecular flexibility index (Phi) is 4.84. The summed E-state index contributed by atoms with van der Waals surface area (Å²) < 4.78 is 24.7. The molecule has 0 spiro atoms. The van der Waals surface area contributed by atoms with Gasteiger partial charge < -0.3 is 19.7 Å². The summed E-state index contributed by atoms with van der Waals surface area (Å²) in [4.78, 5) is 37.3. The summed E-state index contributed by atoms with van der Waals surface area (Å²) in [6, 6.07) is 4.21. The molecule has 0 aromatic heterocycles. The molecule has 1 N–H and O–H groups in total. The van der Waals surface area contributed by atoms with E-state index in [1.807, 2.05) is 0 Å². The van der Waals surface area contributed by atoms with Crippen LogP contribution in [0.4, 0.5) is 20.6 Å². The number of hydrogen-bond donors (Lipinski definition) is 1. The highest BCUT2D eigenvalue weighted by molar-refractivity contribution is 5.96. The fraction of sp³-hybridized carbons (Fsp3) is 0.438. The summed E-state index contributed by atoms with van der Waals surface area (Å²) >= 11 is 0. The van der Waals surface area contributed by atoms with Crippen LogP contribution in [0.25, 0.3) is 0 Å². The summed E-state index contributed by atoms with van der Waals surface area (Å²) in [7, 11) is 0. The average Bonchev–Trinajstić information content (AvgIpc) is 2.95. The summed E-state index contributed by atoms with van der Waals surface area (Å²) in [5.41, 5.74) is 0.483. The highest BCUT2D eigenvalue weighted by Gasteiger charge is 2.33. The molecule has 1 atom stereocenters. The molecule has 8 nitrogen and oxygen atoms in total. The third-order valence-electron chi connectivity index (χ3n) is 3.97. The van der Waals surface area contributed by atoms with Crippen molar-refractivity contribution in [3.63, 3.8) is 0 Å². The molecule has 0 radical (unpaired) electrons. The second kappa shape index (κ2) is 7.06. The Morgan fingerprint density at radius 2 is 2.16 bits per heavy atom. The van der Waals surface area contributed by atoms with Gasteiger partial charge >= 0.3 is 6.09 Å². The number of nitrogens with one attached hydrogen (secondary N) is 1. The van der Waals surface area contributed by atoms with Crippen molar-refractivity contribution < 1.29 is 28.2 Å². The van der Waals surface area contributed by atoms with Crippen molar-refractivity contribution in [3.8, 4) is 0 Å². The van der Waals surface area contributed by atoms with E-state index in [-0.39, 0.29) is 43.7 Å². The van der Waals surface area contributed by atoms with Crippen LogP contribution in [0.1, 0.15) is 6.92 Å². The van der Waals surface area contributed by atoms with E-state index in [0.717, 1.165) is 0 Å². The molecule has 0 unspecified atom stereocenters. The van der Waals surface area contributed by atoms with Gasteiger partial charge in [-0.25, -0.2) is 9.18 Å². The Balaban J connectivity index is 1.73. The van der Waals surface area contributed by atoms with Crippen LogP contribution in [0, 0.1) is 5.82 Å². The first kappa shape index (κ1) is 17.2. The number of anilines is 2. The Labute approximate surface area is 143 Å². The van der Waals surface area contributed by atoms with Crippen LogP contribution < -0.4 is 15.1 Å². The van der Waals surface area contributed by atoms with E-state index in [4.69, 9.17) is 9.47 Å². The van der Waals surface area contributed by atoms with E-state index in [1.54, 1.807) is 6.07 Å². The number of halogens is 1. The van der Waals surface area contributed by atoms with Crippen LogP contribution in [0.15, 0.2) is 18.2 Å². The number of amides is 3. The molecular weight excluding hydrogens is 333 g/mol. The smallest absolute Gasteiger partial charge is 0.414 e. The van der Waals surface area contributed by atoms with Crippen molar-refractivity contribution in [1.29, 1.82) is 0 Å². The van der Waals surface area contributed by atoms with Gasteiger partial charge in [-0.15, -0.1) is 0 Å². The average molecular weight is 351 g/mol. The minimum absolute atomic E-state index is 0.0789. The Bertz CT molecular complexity index is 711. The third kappa shape index (κ3) is 3.71. The van der Waals surface area contributed by atoms with Crippen molar-refractivity contribution >= 4 is 29.3 Å². The predicted molar refractivity (Wildman–Crippen MR) is 85.9 cm³/mol. The zero-order valence-electron chi connectivity index (χ0n) is 13.7. The minimum Gasteiger partial charge on any atom is -0.442 e. The molecule has 3 rings (SSSR count). The maximum atomic E-state index is 14.5. The van der Waals surface area contributed by atoms with E-state index >= 15 is 0 Å². The van der Waals surface area contributed by atoms with E-state index in [9.17, 15) is 18.8 Å². The predicted octanol–water partition coefficient (Wildman–Crippen LogP) is 0.650. The summed E-state index contributed by atoms with van der Waals surface area (Å²) in [5.74, 6) is -1.14. The van der Waals surface area contributed by atoms with Gasteiger partial charge in [-0.2, -0.15) is 0 Å². The SMILES string of the molecule is CC(=O)NC[C@H]1CN(c2ccc(N3CCOCC3=O)c(F)c2)C(=O)O1. The maximum Gasteiger partial charge on any atom is 0.414 e. The highest BCUT2D eigenvalue weighted by Crippen LogP contribution is 2.28. The second-order valence-corrected chi connectivity index (χ2v) is 5.79. The van der Waals surface area contributed by atoms with Crippen LogP contribution in [-0.4, -0.2) is 56.9 Å². The fourth-order valence-corrected chi connectivity index (χ4v) is 2.75. The number of nitrogens with zero attached hydrogens (tertiary/aromatic N) is 2. The molecule has 0 bridgehead atoms. The van der Waals surface area contributed by atoms with Gasteiger partial charge in [0.15, 0.2) is 0 Å². The minimum atomic E-state index is -0.607. The molecule has 1 aromatic rings. The molecule has 2 aliphatic rings. The lowest BCUT2D eigenvalue weighted by atomic mass is 10.2. The van der Waals surface area contributed by atoms with Crippen LogP contribution in [0.3, 0.4) is 0 Å². The fourth-order valence-electron chi connectivity index (χ4n) is 2.75. The monoisotopic (exact) mass is 351 g/mol. The number of hydrogen-bond acceptors (Lipinski definition) is 5. The lowest BCUT2D eigenvalue weighted by molar-refractivity contribution is -0.125. The molecule has 134 valence electrons. The van der Waals surface area contributed by atoms with Crippen LogP contribution >= 0.6 is 0 Å². The lowest BCUT2D eigenvalue weighted by Crippen LogP contribution is -2.42. The molecule has 0 aliphatic carbocycles. The summed E-state index contributed by atoms with van der Waals surface area (Å²) in [6.07, 6.45) is -1.11. The summed E-state index contributed by atoms with van der Waals surface area (Å²) in [5, 5.41) is 2.58. The first-order valence-electron chi connectivity index (χ1n) is 7.86. The number of morpholine rings is 1. The van der Waals surface area contributed by atoms with E-state index < -0.39 is 18.0 Å². The van der Waals surface area contributed by atoms with E-state index in [2.05, 4.69) is 5.32 Å². The molecule has 2 saturated heterocycles. The Morgan fingerprint density at radius 3 is 2.84 bits per heavy atom. The first-order chi connectivity index (χ1) is 12.0. The molecule has 9 heteroatoms. The van der Waals surface area contributed by atoms with Crippen molar-refractivity contribution in [1.82, 2.24) is 5.32 Å². The molecule has 25 heavy (non-hydrogen) atoms. The lowest BCUT2D eigenvalue weighted by Gasteiger charge is -2.27. The van der Waals surface area contributed by atoms with Crippen molar-refractivity contribution in [3.05, 3.63) is 24.0 Å². The van der Waals surface area contributed by atoms with Crippen molar-refractivity contribution in [2.45, 2.75) is 13.0 Å². The molecule has 2 fully saturated rings. The van der Waals surface area contributed by atoms with Crippen molar-refractivity contribution in [2.24, 2.45) is 0 Å². The van der Waals surface area contributed by atoms with Gasteiger partial charge in [0.25, 0.3) is 5.91 Å². The van der Waals surface area contributed by atoms with Gasteiger partial charge in [0.05, 0.1) is 31.1 Å². The number of ether oxygens (including phenoxy) is 2. The van der Waals surface area contributed by atoms with E-state index in [0.29, 0.717) is 12.3 Å². The highest BCUT2D eigenvalue weighted by atomic mass is 19.1. The topological polar surface area (TPSA) is 88.2 Å². The van der Waals surface area contributed by atoms with Crippen molar-refractivity contribution in [2.75, 3.05) is 42.6 Å². The molecular formula is C16H18FN3O5. The maximum absolute atomic E-state index is 14.5. The Morgan fingerprint density at radius 1 is 1.36 bits per heavy atom. The standard InChI is InChI=1S/C16H18FN3O5/c1-10(21)18-7-12-8-20(16(23)25-12)11-2-3-14(13(17)6-11)19-4-5-24-9-15(19)22/h2-3,6,12H,4-5,7-9H2,1H3,(H,18,21)/t12-/m0/s1. The molecule has 2 heterocycles. The quantitative estimate of drug-likeness (QED) is 0.861. The molecule has 2 aliphatic heterocycles. The van der Waals surface area contributed by atoms with Gasteiger partial charge in [0, 0.05) is 13.5 Å². The number of carbonyl (C=O) groups excluding carboxylic acids is 3.